The molecule has 0 amide bonds. The fraction of sp³-hybridized carbons (Fsp3) is 0.278. The predicted molar refractivity (Wildman–Crippen MR) is 82.6 cm³/mol. The number of ketones is 1. The minimum Gasteiger partial charge on any atom is -0.384 e. The molecule has 2 heteroatoms. The SMILES string of the molecule is Cc1ccc(C)c(CC(=O)c2ccc3c(c2)CCN3)c1. The summed E-state index contributed by atoms with van der Waals surface area (Å²) in [6.07, 6.45) is 1.50. The molecular formula is C18H19NO. The minimum absolute atomic E-state index is 0.202. The number of nitrogens with one attached hydrogen (secondary N) is 1. The highest BCUT2D eigenvalue weighted by atomic mass is 16.1. The maximum absolute atomic E-state index is 12.5. The lowest BCUT2D eigenvalue weighted by Gasteiger charge is -2.08. The van der Waals surface area contributed by atoms with Gasteiger partial charge in [-0.3, -0.25) is 4.79 Å². The van der Waals surface area contributed by atoms with E-state index in [1.165, 1.54) is 22.4 Å². The second kappa shape index (κ2) is 5.12. The summed E-state index contributed by atoms with van der Waals surface area (Å²) in [6.45, 7) is 5.10. The average molecular weight is 265 g/mol. The molecule has 1 aliphatic heterocycles. The maximum Gasteiger partial charge on any atom is 0.167 e. The first-order chi connectivity index (χ1) is 9.63. The van der Waals surface area contributed by atoms with E-state index in [9.17, 15) is 4.79 Å². The smallest absolute Gasteiger partial charge is 0.167 e. The highest BCUT2D eigenvalue weighted by molar-refractivity contribution is 5.98. The number of Topliss-reactive ketones (excluding diaryl/α,β-unsaturated/α-hetero) is 1. The van der Waals surface area contributed by atoms with Gasteiger partial charge in [0.15, 0.2) is 5.78 Å². The van der Waals surface area contributed by atoms with Crippen LogP contribution >= 0.6 is 0 Å². The van der Waals surface area contributed by atoms with Crippen molar-refractivity contribution in [2.24, 2.45) is 0 Å². The van der Waals surface area contributed by atoms with Crippen LogP contribution in [0.15, 0.2) is 36.4 Å². The summed E-state index contributed by atoms with van der Waals surface area (Å²) in [4.78, 5) is 12.5. The van der Waals surface area contributed by atoms with Gasteiger partial charge in [-0.05, 0) is 55.2 Å². The Bertz CT molecular complexity index is 673. The van der Waals surface area contributed by atoms with E-state index in [4.69, 9.17) is 0 Å². The Morgan fingerprint density at radius 1 is 1.15 bits per heavy atom. The van der Waals surface area contributed by atoms with Crippen LogP contribution in [0.4, 0.5) is 5.69 Å². The number of rotatable bonds is 3. The van der Waals surface area contributed by atoms with Crippen molar-refractivity contribution >= 4 is 11.5 Å². The molecule has 0 aromatic heterocycles. The Labute approximate surface area is 119 Å². The molecule has 0 saturated heterocycles. The van der Waals surface area contributed by atoms with Gasteiger partial charge in [0.2, 0.25) is 0 Å². The average Bonchev–Trinajstić information content (AvgIpc) is 2.90. The fourth-order valence-corrected chi connectivity index (χ4v) is 2.74. The predicted octanol–water partition coefficient (Wildman–Crippen LogP) is 3.70. The second-order valence-electron chi connectivity index (χ2n) is 5.58. The standard InChI is InChI=1S/C18H19NO/c1-12-3-4-13(2)16(9-12)11-18(20)15-5-6-17-14(10-15)7-8-19-17/h3-6,9-10,19H,7-8,11H2,1-2H3. The third-order valence-corrected chi connectivity index (χ3v) is 3.99. The molecule has 1 heterocycles. The lowest BCUT2D eigenvalue weighted by atomic mass is 9.96. The largest absolute Gasteiger partial charge is 0.384 e. The zero-order valence-electron chi connectivity index (χ0n) is 12.0. The van der Waals surface area contributed by atoms with E-state index in [-0.39, 0.29) is 5.78 Å². The first kappa shape index (κ1) is 12.9. The molecule has 0 unspecified atom stereocenters. The van der Waals surface area contributed by atoms with E-state index in [1.807, 2.05) is 18.2 Å². The first-order valence-electron chi connectivity index (χ1n) is 7.09. The van der Waals surface area contributed by atoms with Gasteiger partial charge in [-0.2, -0.15) is 0 Å². The summed E-state index contributed by atoms with van der Waals surface area (Å²) >= 11 is 0. The Hall–Kier alpha value is -2.09. The number of aryl methyl sites for hydroxylation is 2. The molecule has 1 aliphatic rings. The molecule has 20 heavy (non-hydrogen) atoms. The van der Waals surface area contributed by atoms with Gasteiger partial charge in [0.1, 0.15) is 0 Å². The van der Waals surface area contributed by atoms with E-state index in [2.05, 4.69) is 37.4 Å². The first-order valence-corrected chi connectivity index (χ1v) is 7.09. The van der Waals surface area contributed by atoms with E-state index < -0.39 is 0 Å². The molecule has 0 fully saturated rings. The van der Waals surface area contributed by atoms with Crippen LogP contribution < -0.4 is 5.32 Å². The number of fused-ring (bicyclic) bond motifs is 1. The normalized spacial score (nSPS) is 12.9. The van der Waals surface area contributed by atoms with E-state index in [0.29, 0.717) is 6.42 Å². The van der Waals surface area contributed by atoms with E-state index in [1.54, 1.807) is 0 Å². The summed E-state index contributed by atoms with van der Waals surface area (Å²) in [5.41, 5.74) is 6.79. The van der Waals surface area contributed by atoms with Crippen molar-refractivity contribution in [3.05, 3.63) is 64.2 Å². The van der Waals surface area contributed by atoms with Crippen molar-refractivity contribution in [3.63, 3.8) is 0 Å². The van der Waals surface area contributed by atoms with Gasteiger partial charge < -0.3 is 5.32 Å². The molecule has 2 nitrogen and oxygen atoms in total. The van der Waals surface area contributed by atoms with Crippen LogP contribution in [0.2, 0.25) is 0 Å². The summed E-state index contributed by atoms with van der Waals surface area (Å²) in [6, 6.07) is 12.3. The van der Waals surface area contributed by atoms with Crippen LogP contribution in [0.3, 0.4) is 0 Å². The quantitative estimate of drug-likeness (QED) is 0.857. The third kappa shape index (κ3) is 2.46. The molecule has 3 rings (SSSR count). The second-order valence-corrected chi connectivity index (χ2v) is 5.58. The summed E-state index contributed by atoms with van der Waals surface area (Å²) in [5.74, 6) is 0.202. The Balaban J connectivity index is 1.84. The van der Waals surface area contributed by atoms with Gasteiger partial charge in [-0.25, -0.2) is 0 Å². The van der Waals surface area contributed by atoms with Crippen LogP contribution in [0.5, 0.6) is 0 Å². The summed E-state index contributed by atoms with van der Waals surface area (Å²) < 4.78 is 0. The van der Waals surface area contributed by atoms with Gasteiger partial charge in [-0.15, -0.1) is 0 Å². The van der Waals surface area contributed by atoms with Crippen molar-refractivity contribution < 1.29 is 4.79 Å². The number of benzene rings is 2. The molecule has 0 aliphatic carbocycles. The van der Waals surface area contributed by atoms with Gasteiger partial charge in [0.25, 0.3) is 0 Å². The Kier molecular flexibility index (Phi) is 3.31. The van der Waals surface area contributed by atoms with Crippen molar-refractivity contribution in [2.75, 3.05) is 11.9 Å². The Morgan fingerprint density at radius 3 is 2.85 bits per heavy atom. The number of carbonyl (C=O) groups is 1. The number of anilines is 1. The monoisotopic (exact) mass is 265 g/mol. The van der Waals surface area contributed by atoms with Crippen LogP contribution in [0, 0.1) is 13.8 Å². The molecule has 2 aromatic carbocycles. The molecule has 0 radical (unpaired) electrons. The van der Waals surface area contributed by atoms with Crippen molar-refractivity contribution in [1.29, 1.82) is 0 Å². The van der Waals surface area contributed by atoms with Crippen LogP contribution in [0.1, 0.15) is 32.6 Å². The molecule has 2 aromatic rings. The third-order valence-electron chi connectivity index (χ3n) is 3.99. The van der Waals surface area contributed by atoms with Gasteiger partial charge >= 0.3 is 0 Å². The van der Waals surface area contributed by atoms with Crippen LogP contribution in [0.25, 0.3) is 0 Å². The summed E-state index contributed by atoms with van der Waals surface area (Å²) in [7, 11) is 0. The topological polar surface area (TPSA) is 29.1 Å². The Morgan fingerprint density at radius 2 is 2.00 bits per heavy atom. The van der Waals surface area contributed by atoms with E-state index in [0.717, 1.165) is 24.1 Å². The lowest BCUT2D eigenvalue weighted by molar-refractivity contribution is 0.0992. The van der Waals surface area contributed by atoms with Gasteiger partial charge in [0, 0.05) is 24.2 Å². The lowest BCUT2D eigenvalue weighted by Crippen LogP contribution is -2.05. The molecule has 102 valence electrons. The molecule has 0 spiro atoms. The van der Waals surface area contributed by atoms with Gasteiger partial charge in [-0.1, -0.05) is 23.8 Å². The fourth-order valence-electron chi connectivity index (χ4n) is 2.74. The van der Waals surface area contributed by atoms with Crippen LogP contribution in [-0.2, 0) is 12.8 Å². The van der Waals surface area contributed by atoms with Crippen molar-refractivity contribution in [2.45, 2.75) is 26.7 Å². The number of hydrogen-bond donors (Lipinski definition) is 1. The molecule has 0 atom stereocenters. The molecule has 1 N–H and O–H groups in total. The number of hydrogen-bond acceptors (Lipinski definition) is 2. The van der Waals surface area contributed by atoms with Crippen LogP contribution in [-0.4, -0.2) is 12.3 Å². The van der Waals surface area contributed by atoms with Gasteiger partial charge in [0.05, 0.1) is 0 Å². The maximum atomic E-state index is 12.5. The zero-order valence-corrected chi connectivity index (χ0v) is 12.0. The molecular weight excluding hydrogens is 246 g/mol. The van der Waals surface area contributed by atoms with Crippen molar-refractivity contribution in [1.82, 2.24) is 0 Å². The highest BCUT2D eigenvalue weighted by Crippen LogP contribution is 2.24. The zero-order chi connectivity index (χ0) is 14.1. The molecule has 0 saturated carbocycles. The van der Waals surface area contributed by atoms with Crippen molar-refractivity contribution in [3.8, 4) is 0 Å². The minimum atomic E-state index is 0.202. The molecule has 0 bridgehead atoms. The summed E-state index contributed by atoms with van der Waals surface area (Å²) in [5, 5.41) is 3.32. The highest BCUT2D eigenvalue weighted by Gasteiger charge is 2.14. The number of carbonyl (C=O) groups excluding carboxylic acids is 1. The van der Waals surface area contributed by atoms with E-state index >= 15 is 0 Å².